The number of esters is 1. The highest BCUT2D eigenvalue weighted by molar-refractivity contribution is 5.95. The third-order valence-electron chi connectivity index (χ3n) is 3.34. The van der Waals surface area contributed by atoms with Crippen molar-refractivity contribution in [2.45, 2.75) is 6.54 Å². The van der Waals surface area contributed by atoms with Crippen molar-refractivity contribution in [3.8, 4) is 5.75 Å². The van der Waals surface area contributed by atoms with E-state index in [0.29, 0.717) is 17.8 Å². The number of hydrogen-bond donors (Lipinski definition) is 2. The number of carbonyl (C=O) groups is 2. The molecule has 0 aromatic heterocycles. The lowest BCUT2D eigenvalue weighted by Crippen LogP contribution is -2.27. The summed E-state index contributed by atoms with van der Waals surface area (Å²) >= 11 is 0. The number of carbonyl (C=O) groups excluding carboxylic acids is 2. The van der Waals surface area contributed by atoms with Gasteiger partial charge in [-0.2, -0.15) is 0 Å². The number of anilines is 1. The Labute approximate surface area is 140 Å². The highest BCUT2D eigenvalue weighted by atomic mass is 16.5. The maximum absolute atomic E-state index is 11.9. The van der Waals surface area contributed by atoms with Crippen molar-refractivity contribution in [3.05, 3.63) is 59.7 Å². The molecule has 6 heteroatoms. The molecule has 0 atom stereocenters. The van der Waals surface area contributed by atoms with Crippen LogP contribution in [0.25, 0.3) is 0 Å². The number of benzene rings is 2. The van der Waals surface area contributed by atoms with Crippen molar-refractivity contribution in [1.82, 2.24) is 5.32 Å². The molecule has 0 heterocycles. The zero-order valence-electron chi connectivity index (χ0n) is 13.7. The van der Waals surface area contributed by atoms with Gasteiger partial charge in [-0.15, -0.1) is 0 Å². The Bertz CT molecular complexity index is 698. The van der Waals surface area contributed by atoms with Gasteiger partial charge < -0.3 is 20.1 Å². The van der Waals surface area contributed by atoms with Crippen LogP contribution in [0, 0.1) is 0 Å². The molecule has 0 radical (unpaired) electrons. The molecular formula is C18H20N2O4. The highest BCUT2D eigenvalue weighted by Crippen LogP contribution is 2.12. The van der Waals surface area contributed by atoms with Crippen LogP contribution in [0.2, 0.25) is 0 Å². The van der Waals surface area contributed by atoms with Crippen LogP contribution in [0.5, 0.6) is 5.75 Å². The quantitative estimate of drug-likeness (QED) is 0.762. The molecule has 0 bridgehead atoms. The first-order valence-electron chi connectivity index (χ1n) is 7.44. The molecule has 0 aliphatic heterocycles. The van der Waals surface area contributed by atoms with Crippen LogP contribution in [0.4, 0.5) is 5.69 Å². The van der Waals surface area contributed by atoms with Crippen LogP contribution in [0.15, 0.2) is 48.5 Å². The fourth-order valence-corrected chi connectivity index (χ4v) is 2.11. The Hall–Kier alpha value is -2.86. The summed E-state index contributed by atoms with van der Waals surface area (Å²) in [6.45, 7) is 0.730. The van der Waals surface area contributed by atoms with Gasteiger partial charge in [-0.1, -0.05) is 18.2 Å². The van der Waals surface area contributed by atoms with E-state index in [9.17, 15) is 9.59 Å². The standard InChI is InChI=1S/C18H20N2O4/c1-23-16-8-6-13(7-9-16)11-19-12-17(21)20-15-5-3-4-14(10-15)18(22)24-2/h3-10,19H,11-12H2,1-2H3,(H,20,21). The largest absolute Gasteiger partial charge is 0.497 e. The second-order valence-electron chi connectivity index (χ2n) is 5.07. The first-order valence-corrected chi connectivity index (χ1v) is 7.44. The maximum atomic E-state index is 11.9. The second-order valence-corrected chi connectivity index (χ2v) is 5.07. The van der Waals surface area contributed by atoms with Gasteiger partial charge in [-0.25, -0.2) is 4.79 Å². The van der Waals surface area contributed by atoms with Gasteiger partial charge in [0.2, 0.25) is 5.91 Å². The molecule has 0 saturated carbocycles. The molecule has 0 aliphatic rings. The van der Waals surface area contributed by atoms with E-state index in [1.807, 2.05) is 24.3 Å². The van der Waals surface area contributed by atoms with E-state index < -0.39 is 5.97 Å². The van der Waals surface area contributed by atoms with Crippen LogP contribution in [0.1, 0.15) is 15.9 Å². The summed E-state index contributed by atoms with van der Waals surface area (Å²) in [5.41, 5.74) is 1.99. The lowest BCUT2D eigenvalue weighted by Gasteiger charge is -2.08. The van der Waals surface area contributed by atoms with E-state index in [0.717, 1.165) is 11.3 Å². The van der Waals surface area contributed by atoms with Crippen LogP contribution in [-0.4, -0.2) is 32.6 Å². The van der Waals surface area contributed by atoms with Gasteiger partial charge in [-0.3, -0.25) is 4.79 Å². The minimum atomic E-state index is -0.441. The minimum Gasteiger partial charge on any atom is -0.497 e. The molecule has 126 valence electrons. The highest BCUT2D eigenvalue weighted by Gasteiger charge is 2.07. The molecule has 2 rings (SSSR count). The molecule has 2 aromatic carbocycles. The average molecular weight is 328 g/mol. The van der Waals surface area contributed by atoms with Gasteiger partial charge in [0.1, 0.15) is 5.75 Å². The molecule has 0 spiro atoms. The van der Waals surface area contributed by atoms with E-state index in [1.54, 1.807) is 31.4 Å². The van der Waals surface area contributed by atoms with E-state index in [1.165, 1.54) is 7.11 Å². The summed E-state index contributed by atoms with van der Waals surface area (Å²) in [6.07, 6.45) is 0. The predicted octanol–water partition coefficient (Wildman–Crippen LogP) is 2.21. The van der Waals surface area contributed by atoms with Crippen LogP contribution < -0.4 is 15.4 Å². The SMILES string of the molecule is COC(=O)c1cccc(NC(=O)CNCc2ccc(OC)cc2)c1. The first kappa shape index (κ1) is 17.5. The molecule has 2 aromatic rings. The second kappa shape index (κ2) is 8.69. The van der Waals surface area contributed by atoms with Gasteiger partial charge in [0.15, 0.2) is 0 Å². The lowest BCUT2D eigenvalue weighted by molar-refractivity contribution is -0.115. The molecule has 0 unspecified atom stereocenters. The summed E-state index contributed by atoms with van der Waals surface area (Å²) in [7, 11) is 2.93. The number of rotatable bonds is 7. The van der Waals surface area contributed by atoms with E-state index >= 15 is 0 Å². The summed E-state index contributed by atoms with van der Waals surface area (Å²) in [6, 6.07) is 14.2. The number of nitrogens with one attached hydrogen (secondary N) is 2. The third-order valence-corrected chi connectivity index (χ3v) is 3.34. The average Bonchev–Trinajstić information content (AvgIpc) is 2.61. The molecule has 24 heavy (non-hydrogen) atoms. The minimum absolute atomic E-state index is 0.161. The van der Waals surface area contributed by atoms with Crippen LogP contribution in [0.3, 0.4) is 0 Å². The van der Waals surface area contributed by atoms with Gasteiger partial charge in [0.25, 0.3) is 0 Å². The zero-order valence-corrected chi connectivity index (χ0v) is 13.7. The fourth-order valence-electron chi connectivity index (χ4n) is 2.11. The molecule has 2 N–H and O–H groups in total. The van der Waals surface area contributed by atoms with Crippen molar-refractivity contribution >= 4 is 17.6 Å². The van der Waals surface area contributed by atoms with E-state index in [4.69, 9.17) is 4.74 Å². The van der Waals surface area contributed by atoms with Gasteiger partial charge in [-0.05, 0) is 35.9 Å². The number of hydrogen-bond acceptors (Lipinski definition) is 5. The van der Waals surface area contributed by atoms with Gasteiger partial charge in [0.05, 0.1) is 26.3 Å². The summed E-state index contributed by atoms with van der Waals surface area (Å²) in [4.78, 5) is 23.4. The predicted molar refractivity (Wildman–Crippen MR) is 91.1 cm³/mol. The van der Waals surface area contributed by atoms with Crippen molar-refractivity contribution in [2.24, 2.45) is 0 Å². The molecule has 1 amide bonds. The first-order chi connectivity index (χ1) is 11.6. The Morgan fingerprint density at radius 3 is 2.46 bits per heavy atom. The Morgan fingerprint density at radius 1 is 1.04 bits per heavy atom. The Balaban J connectivity index is 1.81. The normalized spacial score (nSPS) is 10.1. The number of methoxy groups -OCH3 is 2. The van der Waals surface area contributed by atoms with E-state index in [-0.39, 0.29) is 12.5 Å². The van der Waals surface area contributed by atoms with Gasteiger partial charge in [0, 0.05) is 12.2 Å². The van der Waals surface area contributed by atoms with E-state index in [2.05, 4.69) is 15.4 Å². The molecule has 6 nitrogen and oxygen atoms in total. The summed E-state index contributed by atoms with van der Waals surface area (Å²) < 4.78 is 9.75. The Morgan fingerprint density at radius 2 is 1.79 bits per heavy atom. The molecule has 0 aliphatic carbocycles. The fraction of sp³-hybridized carbons (Fsp3) is 0.222. The van der Waals surface area contributed by atoms with Crippen molar-refractivity contribution < 1.29 is 19.1 Å². The molecule has 0 saturated heterocycles. The zero-order chi connectivity index (χ0) is 17.4. The lowest BCUT2D eigenvalue weighted by atomic mass is 10.2. The van der Waals surface area contributed by atoms with Crippen molar-refractivity contribution in [1.29, 1.82) is 0 Å². The topological polar surface area (TPSA) is 76.7 Å². The number of amides is 1. The van der Waals surface area contributed by atoms with Crippen molar-refractivity contribution in [3.63, 3.8) is 0 Å². The molecular weight excluding hydrogens is 308 g/mol. The number of ether oxygens (including phenoxy) is 2. The summed E-state index contributed by atoms with van der Waals surface area (Å²) in [5.74, 6) is 0.163. The maximum Gasteiger partial charge on any atom is 0.337 e. The van der Waals surface area contributed by atoms with Crippen molar-refractivity contribution in [2.75, 3.05) is 26.1 Å². The molecule has 0 fully saturated rings. The monoisotopic (exact) mass is 328 g/mol. The third kappa shape index (κ3) is 5.10. The Kier molecular flexibility index (Phi) is 6.33. The van der Waals surface area contributed by atoms with Crippen LogP contribution in [-0.2, 0) is 16.1 Å². The van der Waals surface area contributed by atoms with Gasteiger partial charge >= 0.3 is 5.97 Å². The smallest absolute Gasteiger partial charge is 0.337 e. The van der Waals surface area contributed by atoms with Crippen LogP contribution >= 0.6 is 0 Å². The summed E-state index contributed by atoms with van der Waals surface area (Å²) in [5, 5.41) is 5.80.